The number of carbonyl (C=O) groups excluding carboxylic acids is 2. The van der Waals surface area contributed by atoms with Gasteiger partial charge in [0, 0.05) is 10.6 Å². The van der Waals surface area contributed by atoms with Gasteiger partial charge in [-0.05, 0) is 43.2 Å². The Balaban J connectivity index is 1.90. The van der Waals surface area contributed by atoms with Crippen molar-refractivity contribution in [2.75, 3.05) is 12.4 Å². The number of carbonyl (C=O) groups is 2. The van der Waals surface area contributed by atoms with E-state index in [0.717, 1.165) is 16.6 Å². The van der Waals surface area contributed by atoms with Crippen LogP contribution in [-0.4, -0.2) is 23.6 Å². The molecule has 2 aromatic heterocycles. The molecule has 5 nitrogen and oxygen atoms in total. The van der Waals surface area contributed by atoms with Crippen LogP contribution in [0.4, 0.5) is 10.1 Å². The molecule has 0 unspecified atom stereocenters. The molecule has 0 fully saturated rings. The number of hydrogen-bond donors (Lipinski definition) is 1. The molecule has 0 aliphatic carbocycles. The third kappa shape index (κ3) is 3.48. The molecule has 1 aromatic carbocycles. The minimum atomic E-state index is -0.499. The number of ether oxygens (including phenoxy) is 1. The van der Waals surface area contributed by atoms with E-state index in [4.69, 9.17) is 4.74 Å². The van der Waals surface area contributed by atoms with Gasteiger partial charge in [-0.15, -0.1) is 11.3 Å². The van der Waals surface area contributed by atoms with Crippen molar-refractivity contribution in [2.45, 2.75) is 26.8 Å². The highest BCUT2D eigenvalue weighted by atomic mass is 32.1. The van der Waals surface area contributed by atoms with Crippen LogP contribution in [0.15, 0.2) is 30.3 Å². The smallest absolute Gasteiger partial charge is 0.354 e. The zero-order valence-corrected chi connectivity index (χ0v) is 15.6. The number of aryl methyl sites for hydroxylation is 2. The molecule has 2 heterocycles. The highest BCUT2D eigenvalue weighted by Gasteiger charge is 2.20. The molecule has 0 aliphatic heterocycles. The van der Waals surface area contributed by atoms with Gasteiger partial charge in [-0.3, -0.25) is 4.79 Å². The van der Waals surface area contributed by atoms with Crippen LogP contribution in [0.2, 0.25) is 0 Å². The number of hydrogen-bond acceptors (Lipinski definition) is 4. The molecule has 0 saturated carbocycles. The summed E-state index contributed by atoms with van der Waals surface area (Å²) in [5.74, 6) is -1.23. The lowest BCUT2D eigenvalue weighted by molar-refractivity contribution is -0.116. The fourth-order valence-electron chi connectivity index (χ4n) is 2.73. The average Bonchev–Trinajstić information content (AvgIpc) is 3.16. The van der Waals surface area contributed by atoms with Crippen LogP contribution in [0.5, 0.6) is 0 Å². The molecule has 136 valence electrons. The molecule has 3 rings (SSSR count). The summed E-state index contributed by atoms with van der Waals surface area (Å²) >= 11 is 1.58. The van der Waals surface area contributed by atoms with Crippen LogP contribution < -0.4 is 5.32 Å². The molecule has 1 N–H and O–H groups in total. The molecular formula is C19H19FN2O3S. The van der Waals surface area contributed by atoms with E-state index < -0.39 is 5.97 Å². The molecule has 0 spiro atoms. The molecule has 7 heteroatoms. The van der Waals surface area contributed by atoms with Crippen LogP contribution in [0.3, 0.4) is 0 Å². The SMILES string of the molecule is CCc1cc2c(cc(C(=O)OC)n2CC(=O)Nc2ccc(C)c(F)c2)s1. The van der Waals surface area contributed by atoms with Crippen molar-refractivity contribution in [1.82, 2.24) is 4.57 Å². The highest BCUT2D eigenvalue weighted by Crippen LogP contribution is 2.30. The maximum Gasteiger partial charge on any atom is 0.354 e. The predicted octanol–water partition coefficient (Wildman–Crippen LogP) is 4.14. The average molecular weight is 374 g/mol. The lowest BCUT2D eigenvalue weighted by atomic mass is 10.2. The summed E-state index contributed by atoms with van der Waals surface area (Å²) in [5.41, 5.74) is 2.02. The van der Waals surface area contributed by atoms with Crippen LogP contribution in [0.1, 0.15) is 27.9 Å². The van der Waals surface area contributed by atoms with Gasteiger partial charge >= 0.3 is 5.97 Å². The number of benzene rings is 1. The van der Waals surface area contributed by atoms with Gasteiger partial charge in [-0.25, -0.2) is 9.18 Å². The van der Waals surface area contributed by atoms with E-state index >= 15 is 0 Å². The second kappa shape index (κ2) is 7.29. The van der Waals surface area contributed by atoms with Crippen molar-refractivity contribution < 1.29 is 18.7 Å². The van der Waals surface area contributed by atoms with Gasteiger partial charge in [0.15, 0.2) is 0 Å². The Morgan fingerprint density at radius 3 is 2.69 bits per heavy atom. The van der Waals surface area contributed by atoms with Gasteiger partial charge in [0.2, 0.25) is 5.91 Å². The third-order valence-corrected chi connectivity index (χ3v) is 5.36. The van der Waals surface area contributed by atoms with E-state index in [0.29, 0.717) is 16.9 Å². The van der Waals surface area contributed by atoms with Crippen molar-refractivity contribution in [2.24, 2.45) is 0 Å². The number of thiophene rings is 1. The zero-order valence-electron chi connectivity index (χ0n) is 14.8. The number of nitrogens with one attached hydrogen (secondary N) is 1. The molecule has 0 aliphatic rings. The quantitative estimate of drug-likeness (QED) is 0.683. The van der Waals surface area contributed by atoms with Gasteiger partial charge in [-0.2, -0.15) is 0 Å². The summed E-state index contributed by atoms with van der Waals surface area (Å²) in [5, 5.41) is 2.67. The fraction of sp³-hybridized carbons (Fsp3) is 0.263. The summed E-state index contributed by atoms with van der Waals surface area (Å²) in [6.45, 7) is 3.64. The van der Waals surface area contributed by atoms with Crippen LogP contribution in [-0.2, 0) is 22.5 Å². The minimum absolute atomic E-state index is 0.0662. The van der Waals surface area contributed by atoms with Gasteiger partial charge in [0.1, 0.15) is 18.1 Å². The van der Waals surface area contributed by atoms with Crippen LogP contribution >= 0.6 is 11.3 Å². The number of amides is 1. The van der Waals surface area contributed by atoms with Crippen LogP contribution in [0.25, 0.3) is 10.2 Å². The number of rotatable bonds is 5. The predicted molar refractivity (Wildman–Crippen MR) is 100 cm³/mol. The van der Waals surface area contributed by atoms with Crippen LogP contribution in [0, 0.1) is 12.7 Å². The molecular weight excluding hydrogens is 355 g/mol. The topological polar surface area (TPSA) is 60.3 Å². The van der Waals surface area contributed by atoms with E-state index in [1.165, 1.54) is 18.1 Å². The molecule has 0 atom stereocenters. The lowest BCUT2D eigenvalue weighted by Crippen LogP contribution is -2.21. The van der Waals surface area contributed by atoms with Gasteiger partial charge < -0.3 is 14.6 Å². The number of fused-ring (bicyclic) bond motifs is 1. The normalized spacial score (nSPS) is 10.9. The Morgan fingerprint density at radius 2 is 2.04 bits per heavy atom. The number of halogens is 1. The van der Waals surface area contributed by atoms with Crippen molar-refractivity contribution in [3.8, 4) is 0 Å². The maximum atomic E-state index is 13.7. The summed E-state index contributed by atoms with van der Waals surface area (Å²) < 4.78 is 21.0. The van der Waals surface area contributed by atoms with Gasteiger partial charge in [0.25, 0.3) is 0 Å². The summed E-state index contributed by atoms with van der Waals surface area (Å²) in [7, 11) is 1.31. The van der Waals surface area contributed by atoms with E-state index in [1.54, 1.807) is 41.0 Å². The van der Waals surface area contributed by atoms with E-state index in [9.17, 15) is 14.0 Å². The van der Waals surface area contributed by atoms with Crippen molar-refractivity contribution in [1.29, 1.82) is 0 Å². The Bertz CT molecular complexity index is 990. The Hall–Kier alpha value is -2.67. The van der Waals surface area contributed by atoms with E-state index in [-0.39, 0.29) is 18.3 Å². The first-order valence-corrected chi connectivity index (χ1v) is 9.00. The third-order valence-electron chi connectivity index (χ3n) is 4.14. The van der Waals surface area contributed by atoms with E-state index in [1.807, 2.05) is 6.07 Å². The van der Waals surface area contributed by atoms with Crippen molar-refractivity contribution in [3.05, 3.63) is 52.3 Å². The Labute approximate surface area is 154 Å². The Morgan fingerprint density at radius 1 is 1.27 bits per heavy atom. The van der Waals surface area contributed by atoms with Crippen molar-refractivity contribution >= 4 is 39.1 Å². The second-order valence-corrected chi connectivity index (χ2v) is 7.10. The summed E-state index contributed by atoms with van der Waals surface area (Å²) in [6, 6.07) is 8.24. The first-order valence-electron chi connectivity index (χ1n) is 8.19. The molecule has 3 aromatic rings. The number of methoxy groups -OCH3 is 1. The molecule has 26 heavy (non-hydrogen) atoms. The Kier molecular flexibility index (Phi) is 5.08. The van der Waals surface area contributed by atoms with E-state index in [2.05, 4.69) is 12.2 Å². The molecule has 0 bridgehead atoms. The van der Waals surface area contributed by atoms with Gasteiger partial charge in [-0.1, -0.05) is 13.0 Å². The first kappa shape index (κ1) is 18.1. The minimum Gasteiger partial charge on any atom is -0.464 e. The lowest BCUT2D eigenvalue weighted by Gasteiger charge is -2.10. The fourth-order valence-corrected chi connectivity index (χ4v) is 3.77. The zero-order chi connectivity index (χ0) is 18.8. The number of aromatic nitrogens is 1. The first-order chi connectivity index (χ1) is 12.4. The van der Waals surface area contributed by atoms with Crippen molar-refractivity contribution in [3.63, 3.8) is 0 Å². The monoisotopic (exact) mass is 374 g/mol. The van der Waals surface area contributed by atoms with Gasteiger partial charge in [0.05, 0.1) is 17.3 Å². The maximum absolute atomic E-state index is 13.7. The summed E-state index contributed by atoms with van der Waals surface area (Å²) in [4.78, 5) is 25.7. The largest absolute Gasteiger partial charge is 0.464 e. The molecule has 0 radical (unpaired) electrons. The molecule has 0 saturated heterocycles. The summed E-state index contributed by atoms with van der Waals surface area (Å²) in [6.07, 6.45) is 0.877. The standard InChI is InChI=1S/C19H19FN2O3S/c1-4-13-8-15-17(26-13)9-16(19(24)25-3)22(15)10-18(23)21-12-6-5-11(2)14(20)7-12/h5-9H,4,10H2,1-3H3,(H,21,23). The highest BCUT2D eigenvalue weighted by molar-refractivity contribution is 7.19. The number of nitrogens with zero attached hydrogens (tertiary/aromatic N) is 1. The molecule has 1 amide bonds. The second-order valence-electron chi connectivity index (χ2n) is 5.94. The number of esters is 1. The number of anilines is 1.